The Balaban J connectivity index is 2.80. The number of carbonyl (C=O) groups excluding carboxylic acids is 3. The van der Waals surface area contributed by atoms with Crippen LogP contribution in [-0.4, -0.2) is 60.1 Å². The summed E-state index contributed by atoms with van der Waals surface area (Å²) in [6.45, 7) is 0.702. The number of carboxylic acids is 1. The Morgan fingerprint density at radius 3 is 2.16 bits per heavy atom. The molecule has 11 heteroatoms. The van der Waals surface area contributed by atoms with Crippen LogP contribution in [0.5, 0.6) is 0 Å². The number of benzene rings is 1. The number of nitrogens with one attached hydrogen (secondary N) is 3. The van der Waals surface area contributed by atoms with Crippen molar-refractivity contribution in [2.24, 2.45) is 17.2 Å². The summed E-state index contributed by atoms with van der Waals surface area (Å²) in [7, 11) is 0. The zero-order valence-electron chi connectivity index (χ0n) is 18.1. The van der Waals surface area contributed by atoms with E-state index in [2.05, 4.69) is 16.0 Å². The highest BCUT2D eigenvalue weighted by molar-refractivity contribution is 5.92. The monoisotopic (exact) mass is 450 g/mol. The zero-order valence-corrected chi connectivity index (χ0v) is 18.1. The van der Waals surface area contributed by atoms with Gasteiger partial charge in [-0.25, -0.2) is 9.59 Å². The van der Waals surface area contributed by atoms with E-state index in [4.69, 9.17) is 17.2 Å². The minimum absolute atomic E-state index is 0.170. The number of urea groups is 1. The molecule has 1 rings (SSSR count). The molecule has 0 saturated carbocycles. The maximum atomic E-state index is 12.9. The lowest BCUT2D eigenvalue weighted by Crippen LogP contribution is -2.55. The smallest absolute Gasteiger partial charge is 0.326 e. The fraction of sp³-hybridized carbons (Fsp3) is 0.524. The number of nitrogens with two attached hydrogens (primary N) is 3. The lowest BCUT2D eigenvalue weighted by molar-refractivity contribution is -0.142. The lowest BCUT2D eigenvalue weighted by Gasteiger charge is -2.23. The van der Waals surface area contributed by atoms with Crippen LogP contribution in [0.4, 0.5) is 4.79 Å². The van der Waals surface area contributed by atoms with Crippen molar-refractivity contribution in [3.8, 4) is 0 Å². The van der Waals surface area contributed by atoms with Crippen LogP contribution in [0.25, 0.3) is 0 Å². The molecular formula is C21H34N6O5. The van der Waals surface area contributed by atoms with E-state index in [0.717, 1.165) is 5.56 Å². The third kappa shape index (κ3) is 10.7. The number of hydrogen-bond donors (Lipinski definition) is 7. The van der Waals surface area contributed by atoms with Gasteiger partial charge in [0.05, 0.1) is 6.04 Å². The first kappa shape index (κ1) is 26.9. The van der Waals surface area contributed by atoms with E-state index >= 15 is 0 Å². The summed E-state index contributed by atoms with van der Waals surface area (Å²) in [6, 6.07) is 5.37. The second-order valence-corrected chi connectivity index (χ2v) is 7.47. The molecule has 178 valence electrons. The Morgan fingerprint density at radius 2 is 1.56 bits per heavy atom. The summed E-state index contributed by atoms with van der Waals surface area (Å²) in [4.78, 5) is 47.7. The molecule has 0 heterocycles. The van der Waals surface area contributed by atoms with Gasteiger partial charge in [-0.2, -0.15) is 0 Å². The highest BCUT2D eigenvalue weighted by Crippen LogP contribution is 2.07. The molecule has 0 aliphatic carbocycles. The first-order chi connectivity index (χ1) is 15.2. The molecule has 0 bridgehead atoms. The molecule has 10 N–H and O–H groups in total. The van der Waals surface area contributed by atoms with Crippen LogP contribution in [0, 0.1) is 0 Å². The second kappa shape index (κ2) is 14.8. The van der Waals surface area contributed by atoms with Crippen molar-refractivity contribution in [3.63, 3.8) is 0 Å². The molecular weight excluding hydrogens is 416 g/mol. The molecule has 0 aliphatic rings. The molecule has 0 radical (unpaired) electrons. The molecule has 1 aromatic rings. The van der Waals surface area contributed by atoms with Crippen LogP contribution in [0.2, 0.25) is 0 Å². The number of carboxylic acid groups (broad SMARTS) is 1. The number of hydrogen-bond acceptors (Lipinski definition) is 6. The van der Waals surface area contributed by atoms with Crippen LogP contribution in [0.15, 0.2) is 30.3 Å². The standard InChI is InChI=1S/C21H34N6O5/c22-11-5-4-10-16(20(30)31)26-19(29)17(13-14-7-2-1-3-8-14)27-18(28)15(23)9-6-12-25-21(24)32/h1-3,7-8,15-17H,4-6,9-13,22-23H2,(H,26,29)(H,27,28)(H,30,31)(H3,24,25,32)/t15-,16-,17-/m0/s1. The van der Waals surface area contributed by atoms with Crippen LogP contribution < -0.4 is 33.2 Å². The summed E-state index contributed by atoms with van der Waals surface area (Å²) in [5.41, 5.74) is 17.1. The van der Waals surface area contributed by atoms with Crippen LogP contribution in [0.3, 0.4) is 0 Å². The van der Waals surface area contributed by atoms with Gasteiger partial charge in [-0.1, -0.05) is 30.3 Å². The number of primary amides is 1. The van der Waals surface area contributed by atoms with Crippen LogP contribution >= 0.6 is 0 Å². The highest BCUT2D eigenvalue weighted by Gasteiger charge is 2.28. The number of carbonyl (C=O) groups is 4. The van der Waals surface area contributed by atoms with E-state index in [1.165, 1.54) is 0 Å². The molecule has 0 aromatic heterocycles. The molecule has 32 heavy (non-hydrogen) atoms. The van der Waals surface area contributed by atoms with E-state index in [1.54, 1.807) is 24.3 Å². The van der Waals surface area contributed by atoms with Crippen LogP contribution in [0.1, 0.15) is 37.7 Å². The zero-order chi connectivity index (χ0) is 23.9. The Kier molecular flexibility index (Phi) is 12.4. The van der Waals surface area contributed by atoms with Crippen molar-refractivity contribution in [2.75, 3.05) is 13.1 Å². The normalized spacial score (nSPS) is 13.4. The average Bonchev–Trinajstić information content (AvgIpc) is 2.75. The van der Waals surface area contributed by atoms with E-state index in [0.29, 0.717) is 25.8 Å². The quantitative estimate of drug-likeness (QED) is 0.169. The largest absolute Gasteiger partial charge is 0.480 e. The predicted molar refractivity (Wildman–Crippen MR) is 119 cm³/mol. The molecule has 4 amide bonds. The van der Waals surface area contributed by atoms with Crippen molar-refractivity contribution in [2.45, 2.75) is 56.7 Å². The van der Waals surface area contributed by atoms with Gasteiger partial charge in [0.1, 0.15) is 12.1 Å². The van der Waals surface area contributed by atoms with Crippen molar-refractivity contribution >= 4 is 23.8 Å². The van der Waals surface area contributed by atoms with Gasteiger partial charge in [0.2, 0.25) is 11.8 Å². The third-order valence-corrected chi connectivity index (χ3v) is 4.81. The van der Waals surface area contributed by atoms with Crippen molar-refractivity contribution in [3.05, 3.63) is 35.9 Å². The SMILES string of the molecule is NCCCC[C@H](NC(=O)[C@H](Cc1ccccc1)NC(=O)[C@@H](N)CCCNC(N)=O)C(=O)O. The first-order valence-electron chi connectivity index (χ1n) is 10.6. The molecule has 0 spiro atoms. The van der Waals surface area contributed by atoms with E-state index < -0.39 is 41.9 Å². The molecule has 0 saturated heterocycles. The average molecular weight is 451 g/mol. The summed E-state index contributed by atoms with van der Waals surface area (Å²) >= 11 is 0. The highest BCUT2D eigenvalue weighted by atomic mass is 16.4. The summed E-state index contributed by atoms with van der Waals surface area (Å²) in [5, 5.41) is 17.0. The molecule has 0 fully saturated rings. The van der Waals surface area contributed by atoms with Gasteiger partial charge in [-0.3, -0.25) is 9.59 Å². The third-order valence-electron chi connectivity index (χ3n) is 4.81. The van der Waals surface area contributed by atoms with Crippen molar-refractivity contribution in [1.29, 1.82) is 0 Å². The number of aliphatic carboxylic acids is 1. The molecule has 11 nitrogen and oxygen atoms in total. The molecule has 0 unspecified atom stereocenters. The summed E-state index contributed by atoms with van der Waals surface area (Å²) < 4.78 is 0. The van der Waals surface area contributed by atoms with Gasteiger partial charge in [-0.15, -0.1) is 0 Å². The minimum atomic E-state index is -1.15. The van der Waals surface area contributed by atoms with Gasteiger partial charge in [0.15, 0.2) is 0 Å². The van der Waals surface area contributed by atoms with Gasteiger partial charge < -0.3 is 38.3 Å². The summed E-state index contributed by atoms with van der Waals surface area (Å²) in [5.74, 6) is -2.31. The van der Waals surface area contributed by atoms with Crippen LogP contribution in [-0.2, 0) is 20.8 Å². The van der Waals surface area contributed by atoms with Gasteiger partial charge in [0.25, 0.3) is 0 Å². The molecule has 0 aliphatic heterocycles. The molecule has 3 atom stereocenters. The Morgan fingerprint density at radius 1 is 0.906 bits per heavy atom. The topological polar surface area (TPSA) is 203 Å². The fourth-order valence-corrected chi connectivity index (χ4v) is 3.02. The number of rotatable bonds is 15. The lowest BCUT2D eigenvalue weighted by atomic mass is 10.0. The van der Waals surface area contributed by atoms with E-state index in [9.17, 15) is 24.3 Å². The van der Waals surface area contributed by atoms with E-state index in [-0.39, 0.29) is 25.8 Å². The van der Waals surface area contributed by atoms with Gasteiger partial charge in [0, 0.05) is 13.0 Å². The van der Waals surface area contributed by atoms with Gasteiger partial charge in [-0.05, 0) is 44.2 Å². The number of amides is 4. The van der Waals surface area contributed by atoms with Gasteiger partial charge >= 0.3 is 12.0 Å². The van der Waals surface area contributed by atoms with Crippen molar-refractivity contribution < 1.29 is 24.3 Å². The minimum Gasteiger partial charge on any atom is -0.480 e. The first-order valence-corrected chi connectivity index (χ1v) is 10.6. The number of unbranched alkanes of at least 4 members (excludes halogenated alkanes) is 1. The molecule has 1 aromatic carbocycles. The Labute approximate surface area is 187 Å². The Bertz CT molecular complexity index is 745. The van der Waals surface area contributed by atoms with Crippen molar-refractivity contribution in [1.82, 2.24) is 16.0 Å². The summed E-state index contributed by atoms with van der Waals surface area (Å²) in [6.07, 6.45) is 2.29. The maximum absolute atomic E-state index is 12.9. The predicted octanol–water partition coefficient (Wildman–Crippen LogP) is -0.812. The maximum Gasteiger partial charge on any atom is 0.326 e. The van der Waals surface area contributed by atoms with E-state index in [1.807, 2.05) is 6.07 Å². The second-order valence-electron chi connectivity index (χ2n) is 7.47. The Hall–Kier alpha value is -3.18. The fourth-order valence-electron chi connectivity index (χ4n) is 3.02.